The number of alkyl halides is 1. The zero-order valence-electron chi connectivity index (χ0n) is 8.28. The summed E-state index contributed by atoms with van der Waals surface area (Å²) < 4.78 is 0. The second kappa shape index (κ2) is 5.03. The molecule has 0 nitrogen and oxygen atoms in total. The molecule has 1 atom stereocenters. The average molecular weight is 177 g/mol. The van der Waals surface area contributed by atoms with Gasteiger partial charge in [0, 0.05) is 5.38 Å². The molecular formula is C10H21Cl. The van der Waals surface area contributed by atoms with Crippen LogP contribution in [0.2, 0.25) is 0 Å². The van der Waals surface area contributed by atoms with E-state index in [1.54, 1.807) is 0 Å². The Kier molecular flexibility index (Phi) is 5.16. The molecule has 0 saturated carbocycles. The van der Waals surface area contributed by atoms with Crippen molar-refractivity contribution in [1.29, 1.82) is 0 Å². The molecule has 0 radical (unpaired) electrons. The largest absolute Gasteiger partial charge is 0.123 e. The Hall–Kier alpha value is 0.290. The first-order valence-electron chi connectivity index (χ1n) is 4.60. The lowest BCUT2D eigenvalue weighted by Crippen LogP contribution is -2.06. The maximum absolute atomic E-state index is 5.99. The van der Waals surface area contributed by atoms with Gasteiger partial charge in [-0.3, -0.25) is 0 Å². The molecule has 0 amide bonds. The van der Waals surface area contributed by atoms with Gasteiger partial charge in [-0.05, 0) is 24.7 Å². The maximum Gasteiger partial charge on any atom is 0.0333 e. The van der Waals surface area contributed by atoms with Gasteiger partial charge in [-0.2, -0.15) is 0 Å². The van der Waals surface area contributed by atoms with Crippen LogP contribution in [0.1, 0.15) is 53.4 Å². The Bertz CT molecular complexity index is 91.5. The Balaban J connectivity index is 3.28. The number of rotatable bonds is 4. The van der Waals surface area contributed by atoms with Gasteiger partial charge < -0.3 is 0 Å². The summed E-state index contributed by atoms with van der Waals surface area (Å²) in [5.41, 5.74) is 0.477. The van der Waals surface area contributed by atoms with Crippen LogP contribution in [-0.2, 0) is 0 Å². The monoisotopic (exact) mass is 176 g/mol. The van der Waals surface area contributed by atoms with E-state index in [-0.39, 0.29) is 0 Å². The minimum absolute atomic E-state index is 0.400. The lowest BCUT2D eigenvalue weighted by molar-refractivity contribution is 0.358. The molecule has 0 heterocycles. The van der Waals surface area contributed by atoms with Crippen molar-refractivity contribution in [3.63, 3.8) is 0 Å². The fourth-order valence-corrected chi connectivity index (χ4v) is 1.21. The lowest BCUT2D eigenvalue weighted by atomic mass is 9.89. The Morgan fingerprint density at radius 2 is 1.82 bits per heavy atom. The minimum atomic E-state index is 0.400. The molecule has 0 fully saturated rings. The van der Waals surface area contributed by atoms with Crippen LogP contribution < -0.4 is 0 Å². The topological polar surface area (TPSA) is 0 Å². The molecule has 0 rings (SSSR count). The number of hydrogen-bond donors (Lipinski definition) is 0. The summed E-state index contributed by atoms with van der Waals surface area (Å²) in [7, 11) is 0. The van der Waals surface area contributed by atoms with E-state index in [1.165, 1.54) is 19.3 Å². The van der Waals surface area contributed by atoms with Crippen LogP contribution in [-0.4, -0.2) is 5.38 Å². The van der Waals surface area contributed by atoms with Gasteiger partial charge in [0.1, 0.15) is 0 Å². The molecule has 0 N–H and O–H groups in total. The van der Waals surface area contributed by atoms with E-state index >= 15 is 0 Å². The van der Waals surface area contributed by atoms with Crippen LogP contribution in [0.15, 0.2) is 0 Å². The second-order valence-corrected chi connectivity index (χ2v) is 5.08. The standard InChI is InChI=1S/C10H21Cl/c1-5-9(11)7-6-8-10(2,3)4/h9H,5-8H2,1-4H3. The lowest BCUT2D eigenvalue weighted by Gasteiger charge is -2.18. The number of hydrogen-bond acceptors (Lipinski definition) is 0. The van der Waals surface area contributed by atoms with Crippen LogP contribution in [0.5, 0.6) is 0 Å². The number of halogens is 1. The molecule has 0 aliphatic carbocycles. The quantitative estimate of drug-likeness (QED) is 0.563. The molecular weight excluding hydrogens is 156 g/mol. The smallest absolute Gasteiger partial charge is 0.0333 e. The van der Waals surface area contributed by atoms with E-state index in [9.17, 15) is 0 Å². The van der Waals surface area contributed by atoms with Crippen molar-refractivity contribution in [2.45, 2.75) is 58.8 Å². The summed E-state index contributed by atoms with van der Waals surface area (Å²) in [6, 6.07) is 0. The van der Waals surface area contributed by atoms with Crippen LogP contribution in [0, 0.1) is 5.41 Å². The fourth-order valence-electron chi connectivity index (χ4n) is 1.06. The summed E-state index contributed by atoms with van der Waals surface area (Å²) in [6.45, 7) is 8.99. The van der Waals surface area contributed by atoms with Gasteiger partial charge >= 0.3 is 0 Å². The first-order valence-corrected chi connectivity index (χ1v) is 5.03. The Morgan fingerprint density at radius 3 is 2.18 bits per heavy atom. The molecule has 0 aromatic carbocycles. The van der Waals surface area contributed by atoms with Crippen LogP contribution in [0.4, 0.5) is 0 Å². The van der Waals surface area contributed by atoms with Crippen molar-refractivity contribution in [2.75, 3.05) is 0 Å². The molecule has 1 unspecified atom stereocenters. The van der Waals surface area contributed by atoms with Crippen molar-refractivity contribution in [2.24, 2.45) is 5.41 Å². The van der Waals surface area contributed by atoms with Crippen molar-refractivity contribution in [1.82, 2.24) is 0 Å². The average Bonchev–Trinajstić information content (AvgIpc) is 1.85. The van der Waals surface area contributed by atoms with Gasteiger partial charge in [0.05, 0.1) is 0 Å². The van der Waals surface area contributed by atoms with Gasteiger partial charge in [0.2, 0.25) is 0 Å². The van der Waals surface area contributed by atoms with Crippen LogP contribution in [0.25, 0.3) is 0 Å². The third-order valence-electron chi connectivity index (χ3n) is 1.89. The third-order valence-corrected chi connectivity index (χ3v) is 2.41. The molecule has 0 spiro atoms. The van der Waals surface area contributed by atoms with E-state index in [4.69, 9.17) is 11.6 Å². The maximum atomic E-state index is 5.99. The molecule has 0 aliphatic heterocycles. The van der Waals surface area contributed by atoms with Gasteiger partial charge in [-0.25, -0.2) is 0 Å². The molecule has 0 aromatic heterocycles. The van der Waals surface area contributed by atoms with E-state index in [1.807, 2.05) is 0 Å². The predicted octanol–water partition coefficient (Wildman–Crippen LogP) is 4.22. The summed E-state index contributed by atoms with van der Waals surface area (Å²) >= 11 is 5.99. The Morgan fingerprint density at radius 1 is 1.27 bits per heavy atom. The molecule has 0 aliphatic rings. The van der Waals surface area contributed by atoms with E-state index < -0.39 is 0 Å². The summed E-state index contributed by atoms with van der Waals surface area (Å²) in [6.07, 6.45) is 4.84. The summed E-state index contributed by atoms with van der Waals surface area (Å²) in [5.74, 6) is 0. The van der Waals surface area contributed by atoms with Crippen molar-refractivity contribution in [3.05, 3.63) is 0 Å². The Labute approximate surface area is 76.3 Å². The fraction of sp³-hybridized carbons (Fsp3) is 1.00. The SMILES string of the molecule is CCC(Cl)CCCC(C)(C)C. The summed E-state index contributed by atoms with van der Waals surface area (Å²) in [5, 5.41) is 0.400. The zero-order valence-corrected chi connectivity index (χ0v) is 9.04. The molecule has 0 saturated heterocycles. The third kappa shape index (κ3) is 8.19. The molecule has 1 heteroatoms. The molecule has 11 heavy (non-hydrogen) atoms. The van der Waals surface area contributed by atoms with Gasteiger partial charge in [0.15, 0.2) is 0 Å². The highest BCUT2D eigenvalue weighted by Crippen LogP contribution is 2.23. The highest BCUT2D eigenvalue weighted by atomic mass is 35.5. The minimum Gasteiger partial charge on any atom is -0.123 e. The molecule has 0 aromatic rings. The molecule has 0 bridgehead atoms. The highest BCUT2D eigenvalue weighted by molar-refractivity contribution is 6.20. The van der Waals surface area contributed by atoms with E-state index in [2.05, 4.69) is 27.7 Å². The van der Waals surface area contributed by atoms with Crippen LogP contribution in [0.3, 0.4) is 0 Å². The predicted molar refractivity (Wildman–Crippen MR) is 53.2 cm³/mol. The normalized spacial score (nSPS) is 15.0. The van der Waals surface area contributed by atoms with Crippen molar-refractivity contribution < 1.29 is 0 Å². The van der Waals surface area contributed by atoms with Crippen molar-refractivity contribution >= 4 is 11.6 Å². The van der Waals surface area contributed by atoms with Gasteiger partial charge in [-0.15, -0.1) is 11.6 Å². The first kappa shape index (κ1) is 11.3. The van der Waals surface area contributed by atoms with E-state index in [0.717, 1.165) is 6.42 Å². The second-order valence-electron chi connectivity index (χ2n) is 4.46. The molecule has 68 valence electrons. The highest BCUT2D eigenvalue weighted by Gasteiger charge is 2.10. The van der Waals surface area contributed by atoms with Gasteiger partial charge in [0.25, 0.3) is 0 Å². The van der Waals surface area contributed by atoms with E-state index in [0.29, 0.717) is 10.8 Å². The van der Waals surface area contributed by atoms with Gasteiger partial charge in [-0.1, -0.05) is 34.1 Å². The summed E-state index contributed by atoms with van der Waals surface area (Å²) in [4.78, 5) is 0. The zero-order chi connectivity index (χ0) is 8.91. The van der Waals surface area contributed by atoms with Crippen molar-refractivity contribution in [3.8, 4) is 0 Å². The van der Waals surface area contributed by atoms with Crippen LogP contribution >= 0.6 is 11.6 Å². The first-order chi connectivity index (χ1) is 4.95.